The first-order valence-corrected chi connectivity index (χ1v) is 15.8. The number of nitrogens with one attached hydrogen (secondary N) is 1. The predicted octanol–water partition coefficient (Wildman–Crippen LogP) is 4.67. The van der Waals surface area contributed by atoms with Gasteiger partial charge in [-0.05, 0) is 69.4 Å². The number of para-hydroxylation sites is 2. The van der Waals surface area contributed by atoms with Crippen LogP contribution in [-0.2, 0) is 16.1 Å². The van der Waals surface area contributed by atoms with Gasteiger partial charge >= 0.3 is 0 Å². The molecular formula is C38H33ClN8O4. The van der Waals surface area contributed by atoms with Gasteiger partial charge in [-0.3, -0.25) is 19.2 Å². The number of carbonyl (C=O) groups excluding carboxylic acids is 4. The van der Waals surface area contributed by atoms with Crippen LogP contribution in [0, 0.1) is 28.6 Å². The second kappa shape index (κ2) is 14.3. The van der Waals surface area contributed by atoms with Crippen molar-refractivity contribution < 1.29 is 19.2 Å². The highest BCUT2D eigenvalue weighted by molar-refractivity contribution is 6.13. The van der Waals surface area contributed by atoms with E-state index in [1.54, 1.807) is 53.2 Å². The number of aromatic nitrogens is 2. The van der Waals surface area contributed by atoms with E-state index in [1.807, 2.05) is 24.3 Å². The highest BCUT2D eigenvalue weighted by Crippen LogP contribution is 2.40. The average molecular weight is 701 g/mol. The lowest BCUT2D eigenvalue weighted by Crippen LogP contribution is -2.63. The molecular weight excluding hydrogens is 668 g/mol. The largest absolute Gasteiger partial charge is 0.368 e. The first-order valence-electron chi connectivity index (χ1n) is 15.8. The predicted molar refractivity (Wildman–Crippen MR) is 194 cm³/mol. The second-order valence-corrected chi connectivity index (χ2v) is 12.2. The van der Waals surface area contributed by atoms with Crippen molar-refractivity contribution >= 4 is 58.2 Å². The summed E-state index contributed by atoms with van der Waals surface area (Å²) in [5.41, 5.74) is 7.94. The van der Waals surface area contributed by atoms with Gasteiger partial charge in [0, 0.05) is 23.1 Å². The molecule has 0 bridgehead atoms. The molecule has 1 aliphatic heterocycles. The van der Waals surface area contributed by atoms with Crippen molar-refractivity contribution in [2.24, 2.45) is 11.7 Å². The number of rotatable bonds is 8. The van der Waals surface area contributed by atoms with E-state index in [0.29, 0.717) is 39.1 Å². The second-order valence-electron chi connectivity index (χ2n) is 12.2. The number of ketones is 1. The Balaban J connectivity index is 0.00000504. The number of nitrogens with two attached hydrogens (primary N) is 1. The zero-order chi connectivity index (χ0) is 35.7. The van der Waals surface area contributed by atoms with Crippen LogP contribution < -0.4 is 20.9 Å². The quantitative estimate of drug-likeness (QED) is 0.219. The fourth-order valence-electron chi connectivity index (χ4n) is 6.29. The van der Waals surface area contributed by atoms with Crippen molar-refractivity contribution in [3.8, 4) is 17.8 Å². The lowest BCUT2D eigenvalue weighted by Gasteiger charge is -2.36. The molecule has 0 saturated carbocycles. The molecule has 1 unspecified atom stereocenters. The van der Waals surface area contributed by atoms with Gasteiger partial charge in [-0.15, -0.1) is 12.4 Å². The maximum Gasteiger partial charge on any atom is 0.258 e. The van der Waals surface area contributed by atoms with Gasteiger partial charge < -0.3 is 20.9 Å². The molecule has 4 aromatic carbocycles. The fraction of sp³-hybridized carbons (Fsp3) is 0.184. The Hall–Kier alpha value is -6.34. The maximum atomic E-state index is 14.9. The van der Waals surface area contributed by atoms with Gasteiger partial charge in [0.25, 0.3) is 5.91 Å². The Labute approximate surface area is 300 Å². The van der Waals surface area contributed by atoms with Crippen LogP contribution in [0.3, 0.4) is 0 Å². The minimum absolute atomic E-state index is 0. The highest BCUT2D eigenvalue weighted by atomic mass is 35.5. The van der Waals surface area contributed by atoms with Crippen molar-refractivity contribution in [2.45, 2.75) is 25.9 Å². The van der Waals surface area contributed by atoms with E-state index in [0.717, 1.165) is 0 Å². The van der Waals surface area contributed by atoms with E-state index < -0.39 is 29.2 Å². The summed E-state index contributed by atoms with van der Waals surface area (Å²) in [6.45, 7) is 2.58. The summed E-state index contributed by atoms with van der Waals surface area (Å²) >= 11 is 0. The third-order valence-corrected chi connectivity index (χ3v) is 9.35. The van der Waals surface area contributed by atoms with E-state index >= 15 is 0 Å². The van der Waals surface area contributed by atoms with Gasteiger partial charge in [-0.2, -0.15) is 15.6 Å². The van der Waals surface area contributed by atoms with Crippen molar-refractivity contribution in [1.29, 1.82) is 10.5 Å². The summed E-state index contributed by atoms with van der Waals surface area (Å²) in [5, 5.41) is 28.3. The SMILES string of the molecule is CNC(C)(C(N)=O)[C@@H]1CN(C(=O)c2ccc(C(C)=O)cc2)c2cc(C#N)ccc2N(Cc2nn(-c3ccccc3C#N)c3ccccc23)C1=O.Cl. The molecule has 0 spiro atoms. The summed E-state index contributed by atoms with van der Waals surface area (Å²) in [6, 6.07) is 29.6. The monoisotopic (exact) mass is 700 g/mol. The molecule has 1 aliphatic rings. The third kappa shape index (κ3) is 6.30. The topological polar surface area (TPSA) is 178 Å². The van der Waals surface area contributed by atoms with Gasteiger partial charge in [0.05, 0.1) is 57.9 Å². The molecule has 0 saturated heterocycles. The van der Waals surface area contributed by atoms with Crippen molar-refractivity contribution in [2.75, 3.05) is 23.4 Å². The zero-order valence-corrected chi connectivity index (χ0v) is 28.8. The number of nitriles is 2. The Morgan fingerprint density at radius 1 is 0.922 bits per heavy atom. The zero-order valence-electron chi connectivity index (χ0n) is 28.0. The Bertz CT molecular complexity index is 2290. The number of nitrogens with zero attached hydrogens (tertiary/aromatic N) is 6. The molecule has 12 nitrogen and oxygen atoms in total. The number of anilines is 2. The van der Waals surface area contributed by atoms with Gasteiger partial charge in [0.1, 0.15) is 11.6 Å². The summed E-state index contributed by atoms with van der Waals surface area (Å²) in [6.07, 6.45) is 0. The minimum atomic E-state index is -1.61. The number of halogens is 1. The Kier molecular flexibility index (Phi) is 10.0. The van der Waals surface area contributed by atoms with Crippen molar-refractivity contribution in [1.82, 2.24) is 15.1 Å². The number of hydrogen-bond acceptors (Lipinski definition) is 8. The number of carbonyl (C=O) groups is 4. The van der Waals surface area contributed by atoms with Gasteiger partial charge in [0.15, 0.2) is 5.78 Å². The number of fused-ring (bicyclic) bond motifs is 2. The van der Waals surface area contributed by atoms with E-state index in [9.17, 15) is 29.7 Å². The smallest absolute Gasteiger partial charge is 0.258 e. The van der Waals surface area contributed by atoms with E-state index in [-0.39, 0.29) is 48.1 Å². The average Bonchev–Trinajstić information content (AvgIpc) is 3.45. The first kappa shape index (κ1) is 36.0. The molecule has 2 heterocycles. The highest BCUT2D eigenvalue weighted by Gasteiger charge is 2.49. The van der Waals surface area contributed by atoms with Crippen LogP contribution in [0.2, 0.25) is 0 Å². The summed E-state index contributed by atoms with van der Waals surface area (Å²) in [5.74, 6) is -3.19. The number of benzene rings is 4. The van der Waals surface area contributed by atoms with Crippen LogP contribution in [0.15, 0.2) is 91.0 Å². The van der Waals surface area contributed by atoms with Crippen LogP contribution in [0.5, 0.6) is 0 Å². The van der Waals surface area contributed by atoms with Crippen LogP contribution in [0.1, 0.15) is 51.4 Å². The molecule has 5 aromatic rings. The first-order chi connectivity index (χ1) is 24.0. The molecule has 2 atom stereocenters. The van der Waals surface area contributed by atoms with Gasteiger partial charge in [-0.25, -0.2) is 4.68 Å². The molecule has 1 aromatic heterocycles. The number of hydrogen-bond donors (Lipinski definition) is 2. The van der Waals surface area contributed by atoms with Crippen LogP contribution in [0.25, 0.3) is 16.6 Å². The molecule has 0 radical (unpaired) electrons. The Morgan fingerprint density at radius 2 is 1.59 bits per heavy atom. The van der Waals surface area contributed by atoms with Gasteiger partial charge in [0.2, 0.25) is 11.8 Å². The molecule has 256 valence electrons. The molecule has 0 fully saturated rings. The number of amides is 3. The number of likely N-dealkylation sites (N-methyl/N-ethyl adjacent to an activating group) is 1. The standard InChI is InChI=1S/C38H32N8O4.ClH/c1-23(47)25-13-15-26(16-14-25)35(48)44-21-29(38(2,42-3)37(41)50)36(49)45(33-17-12-24(19-39)18-34(33)44)22-30-28-9-5-7-11-32(28)46(43-30)31-10-6-4-8-27(31)20-40;/h4-18,29,42H,21-22H2,1-3H3,(H2,41,50);1H/t29-,38?;/m1./s1. The van der Waals surface area contributed by atoms with Crippen molar-refractivity contribution in [3.63, 3.8) is 0 Å². The normalized spacial score (nSPS) is 15.1. The maximum absolute atomic E-state index is 14.9. The van der Waals surface area contributed by atoms with E-state index in [2.05, 4.69) is 17.5 Å². The minimum Gasteiger partial charge on any atom is -0.368 e. The molecule has 13 heteroatoms. The van der Waals surface area contributed by atoms with Crippen LogP contribution in [-0.4, -0.2) is 52.4 Å². The van der Waals surface area contributed by atoms with Crippen LogP contribution >= 0.6 is 12.4 Å². The molecule has 51 heavy (non-hydrogen) atoms. The molecule has 0 aliphatic carbocycles. The molecule has 3 N–H and O–H groups in total. The summed E-state index contributed by atoms with van der Waals surface area (Å²) in [7, 11) is 1.52. The summed E-state index contributed by atoms with van der Waals surface area (Å²) in [4.78, 5) is 57.0. The number of primary amides is 1. The number of Topliss-reactive ketones (excluding diaryl/α,β-unsaturated/α-hetero) is 1. The Morgan fingerprint density at radius 3 is 2.24 bits per heavy atom. The van der Waals surface area contributed by atoms with Crippen LogP contribution in [0.4, 0.5) is 11.4 Å². The van der Waals surface area contributed by atoms with Gasteiger partial charge in [-0.1, -0.05) is 42.5 Å². The van der Waals surface area contributed by atoms with E-state index in [4.69, 9.17) is 10.8 Å². The third-order valence-electron chi connectivity index (χ3n) is 9.35. The van der Waals surface area contributed by atoms with Crippen molar-refractivity contribution in [3.05, 3.63) is 119 Å². The fourth-order valence-corrected chi connectivity index (χ4v) is 6.29. The lowest BCUT2D eigenvalue weighted by atomic mass is 9.83. The molecule has 3 amide bonds. The summed E-state index contributed by atoms with van der Waals surface area (Å²) < 4.78 is 1.66. The van der Waals surface area contributed by atoms with E-state index in [1.165, 1.54) is 48.9 Å². The molecule has 6 rings (SSSR count). The lowest BCUT2D eigenvalue weighted by molar-refractivity contribution is -0.133.